The molecule has 0 saturated carbocycles. The fourth-order valence-electron chi connectivity index (χ4n) is 3.58. The highest BCUT2D eigenvalue weighted by atomic mass is 79.9. The predicted molar refractivity (Wildman–Crippen MR) is 136 cm³/mol. The van der Waals surface area contributed by atoms with Crippen molar-refractivity contribution >= 4 is 42.8 Å². The lowest BCUT2D eigenvalue weighted by molar-refractivity contribution is 0.0512. The van der Waals surface area contributed by atoms with Gasteiger partial charge in [-0.25, -0.2) is 4.98 Å². The molecule has 0 fully saturated rings. The van der Waals surface area contributed by atoms with Crippen LogP contribution in [0.1, 0.15) is 11.1 Å². The Morgan fingerprint density at radius 2 is 1.76 bits per heavy atom. The third-order valence-electron chi connectivity index (χ3n) is 5.22. The van der Waals surface area contributed by atoms with Gasteiger partial charge in [-0.15, -0.1) is 0 Å². The van der Waals surface area contributed by atoms with E-state index < -0.39 is 0 Å². The first-order valence-electron chi connectivity index (χ1n) is 10.2. The minimum atomic E-state index is -0.146. The molecule has 2 heterocycles. The van der Waals surface area contributed by atoms with Gasteiger partial charge in [-0.1, -0.05) is 6.07 Å². The van der Waals surface area contributed by atoms with Gasteiger partial charge in [0.1, 0.15) is 21.7 Å². The SMILES string of the molecule is COCOc1ccc2c(=O)c(Cc3cccnc3Br)c(-c3cc(OC)c(OC)cc3Br)oc2c1. The quantitative estimate of drug-likeness (QED) is 0.185. The number of hydrogen-bond donors (Lipinski definition) is 0. The van der Waals surface area contributed by atoms with E-state index in [0.29, 0.717) is 60.6 Å². The second kappa shape index (κ2) is 10.6. The Balaban J connectivity index is 1.99. The highest BCUT2D eigenvalue weighted by molar-refractivity contribution is 9.10. The number of hydrogen-bond acceptors (Lipinski definition) is 7. The monoisotopic (exact) mass is 589 g/mol. The van der Waals surface area contributed by atoms with Crippen LogP contribution in [0.2, 0.25) is 0 Å². The molecule has 0 unspecified atom stereocenters. The second-order valence-electron chi connectivity index (χ2n) is 7.26. The number of benzene rings is 2. The Kier molecular flexibility index (Phi) is 7.55. The first kappa shape index (κ1) is 24.3. The van der Waals surface area contributed by atoms with E-state index in [1.54, 1.807) is 50.7 Å². The minimum absolute atomic E-state index is 0.0803. The summed E-state index contributed by atoms with van der Waals surface area (Å²) in [6, 6.07) is 12.4. The van der Waals surface area contributed by atoms with E-state index in [1.807, 2.05) is 12.1 Å². The molecular formula is C25H21Br2NO6. The molecule has 34 heavy (non-hydrogen) atoms. The lowest BCUT2D eigenvalue weighted by atomic mass is 9.99. The maximum Gasteiger partial charge on any atom is 0.196 e. The average Bonchev–Trinajstić information content (AvgIpc) is 2.85. The van der Waals surface area contributed by atoms with Gasteiger partial charge >= 0.3 is 0 Å². The summed E-state index contributed by atoms with van der Waals surface area (Å²) in [5.74, 6) is 1.99. The normalized spacial score (nSPS) is 11.0. The fraction of sp³-hybridized carbons (Fsp3) is 0.200. The van der Waals surface area contributed by atoms with Gasteiger partial charge < -0.3 is 23.4 Å². The summed E-state index contributed by atoms with van der Waals surface area (Å²) in [6.45, 7) is 0.0803. The number of aromatic nitrogens is 1. The van der Waals surface area contributed by atoms with Crippen LogP contribution in [0, 0.1) is 0 Å². The van der Waals surface area contributed by atoms with Crippen LogP contribution in [0.15, 0.2) is 66.9 Å². The number of halogens is 2. The molecule has 0 aliphatic rings. The maximum atomic E-state index is 13.7. The van der Waals surface area contributed by atoms with Crippen LogP contribution >= 0.6 is 31.9 Å². The number of rotatable bonds is 8. The van der Waals surface area contributed by atoms with Crippen LogP contribution in [-0.2, 0) is 11.2 Å². The van der Waals surface area contributed by atoms with Gasteiger partial charge in [-0.05, 0) is 67.8 Å². The zero-order valence-electron chi connectivity index (χ0n) is 18.7. The molecule has 9 heteroatoms. The number of fused-ring (bicyclic) bond motifs is 1. The third kappa shape index (κ3) is 4.82. The van der Waals surface area contributed by atoms with Crippen molar-refractivity contribution < 1.29 is 23.4 Å². The summed E-state index contributed by atoms with van der Waals surface area (Å²) in [4.78, 5) is 18.0. The Morgan fingerprint density at radius 3 is 2.47 bits per heavy atom. The number of methoxy groups -OCH3 is 3. The lowest BCUT2D eigenvalue weighted by Gasteiger charge is -2.15. The zero-order valence-corrected chi connectivity index (χ0v) is 21.9. The van der Waals surface area contributed by atoms with Crippen molar-refractivity contribution in [2.24, 2.45) is 0 Å². The Morgan fingerprint density at radius 1 is 1.00 bits per heavy atom. The molecule has 0 spiro atoms. The second-order valence-corrected chi connectivity index (χ2v) is 8.87. The van der Waals surface area contributed by atoms with Gasteiger partial charge in [0.2, 0.25) is 0 Å². The number of ether oxygens (including phenoxy) is 4. The summed E-state index contributed by atoms with van der Waals surface area (Å²) in [6.07, 6.45) is 1.99. The first-order chi connectivity index (χ1) is 16.5. The Hall–Kier alpha value is -2.88. The Labute approximate surface area is 212 Å². The van der Waals surface area contributed by atoms with E-state index in [2.05, 4.69) is 36.8 Å². The highest BCUT2D eigenvalue weighted by Gasteiger charge is 2.22. The molecule has 2 aromatic heterocycles. The van der Waals surface area contributed by atoms with Crippen molar-refractivity contribution in [3.05, 3.63) is 79.1 Å². The molecule has 176 valence electrons. The number of nitrogens with zero attached hydrogens (tertiary/aromatic N) is 1. The van der Waals surface area contributed by atoms with Gasteiger partial charge in [0, 0.05) is 41.4 Å². The van der Waals surface area contributed by atoms with E-state index in [0.717, 1.165) is 5.56 Å². The Bertz CT molecular complexity index is 1400. The number of pyridine rings is 1. The van der Waals surface area contributed by atoms with Crippen LogP contribution in [0.25, 0.3) is 22.3 Å². The average molecular weight is 591 g/mol. The van der Waals surface area contributed by atoms with Crippen molar-refractivity contribution in [1.29, 1.82) is 0 Å². The van der Waals surface area contributed by atoms with Crippen molar-refractivity contribution in [3.63, 3.8) is 0 Å². The fourth-order valence-corrected chi connectivity index (χ4v) is 4.47. The predicted octanol–water partition coefficient (Wildman–Crippen LogP) is 5.97. The summed E-state index contributed by atoms with van der Waals surface area (Å²) >= 11 is 7.08. The van der Waals surface area contributed by atoms with Crippen LogP contribution < -0.4 is 19.6 Å². The molecule has 0 radical (unpaired) electrons. The largest absolute Gasteiger partial charge is 0.493 e. The summed E-state index contributed by atoms with van der Waals surface area (Å²) in [5, 5.41) is 0.445. The summed E-state index contributed by atoms with van der Waals surface area (Å²) in [5.41, 5.74) is 2.23. The van der Waals surface area contributed by atoms with Gasteiger partial charge in [-0.2, -0.15) is 0 Å². The van der Waals surface area contributed by atoms with Crippen molar-refractivity contribution in [2.75, 3.05) is 28.1 Å². The van der Waals surface area contributed by atoms with Crippen molar-refractivity contribution in [3.8, 4) is 28.6 Å². The van der Waals surface area contributed by atoms with E-state index in [4.69, 9.17) is 23.4 Å². The van der Waals surface area contributed by atoms with Crippen molar-refractivity contribution in [2.45, 2.75) is 6.42 Å². The molecule has 0 bridgehead atoms. The smallest absolute Gasteiger partial charge is 0.196 e. The molecule has 0 aliphatic carbocycles. The topological polar surface area (TPSA) is 80.0 Å². The lowest BCUT2D eigenvalue weighted by Crippen LogP contribution is -2.13. The van der Waals surface area contributed by atoms with E-state index in [-0.39, 0.29) is 12.2 Å². The molecule has 4 aromatic rings. The molecule has 4 rings (SSSR count). The van der Waals surface area contributed by atoms with Crippen LogP contribution in [0.3, 0.4) is 0 Å². The van der Waals surface area contributed by atoms with E-state index >= 15 is 0 Å². The zero-order chi connectivity index (χ0) is 24.2. The van der Waals surface area contributed by atoms with Gasteiger partial charge in [-0.3, -0.25) is 4.79 Å². The molecule has 0 amide bonds. The maximum absolute atomic E-state index is 13.7. The van der Waals surface area contributed by atoms with Gasteiger partial charge in [0.05, 0.1) is 19.6 Å². The highest BCUT2D eigenvalue weighted by Crippen LogP contribution is 2.40. The molecule has 0 aliphatic heterocycles. The van der Waals surface area contributed by atoms with E-state index in [1.165, 1.54) is 7.11 Å². The molecular weight excluding hydrogens is 570 g/mol. The van der Waals surface area contributed by atoms with Gasteiger partial charge in [0.25, 0.3) is 0 Å². The summed E-state index contributed by atoms with van der Waals surface area (Å²) < 4.78 is 29.1. The first-order valence-corrected chi connectivity index (χ1v) is 11.8. The molecule has 7 nitrogen and oxygen atoms in total. The minimum Gasteiger partial charge on any atom is -0.493 e. The standard InChI is InChI=1S/C25H21Br2NO6/c1-30-13-33-15-6-7-16-20(10-15)34-24(17-11-21(31-2)22(32-3)12-19(17)26)18(23(16)29)9-14-5-4-8-28-25(14)27/h4-8,10-12H,9,13H2,1-3H3. The van der Waals surface area contributed by atoms with Crippen molar-refractivity contribution in [1.82, 2.24) is 4.98 Å². The van der Waals surface area contributed by atoms with Crippen LogP contribution in [0.4, 0.5) is 0 Å². The molecule has 0 atom stereocenters. The van der Waals surface area contributed by atoms with E-state index in [9.17, 15) is 4.79 Å². The molecule has 0 N–H and O–H groups in total. The van der Waals surface area contributed by atoms with Gasteiger partial charge in [0.15, 0.2) is 23.7 Å². The van der Waals surface area contributed by atoms with Crippen LogP contribution in [-0.4, -0.2) is 33.1 Å². The van der Waals surface area contributed by atoms with Crippen LogP contribution in [0.5, 0.6) is 17.2 Å². The summed E-state index contributed by atoms with van der Waals surface area (Å²) in [7, 11) is 4.66. The third-order valence-corrected chi connectivity index (χ3v) is 6.59. The molecule has 0 saturated heterocycles. The molecule has 2 aromatic carbocycles.